The van der Waals surface area contributed by atoms with Crippen LogP contribution in [-0.2, 0) is 0 Å². The second-order valence-corrected chi connectivity index (χ2v) is 5.61. The van der Waals surface area contributed by atoms with Gasteiger partial charge < -0.3 is 4.90 Å². The van der Waals surface area contributed by atoms with Crippen LogP contribution in [-0.4, -0.2) is 25.9 Å². The zero-order valence-corrected chi connectivity index (χ0v) is 11.1. The van der Waals surface area contributed by atoms with Gasteiger partial charge in [-0.05, 0) is 24.1 Å². The molecule has 0 aliphatic carbocycles. The summed E-state index contributed by atoms with van der Waals surface area (Å²) in [5, 5.41) is 4.14. The van der Waals surface area contributed by atoms with Crippen LogP contribution in [0.5, 0.6) is 0 Å². The first-order valence-electron chi connectivity index (χ1n) is 5.85. The smallest absolute Gasteiger partial charge is 0.0792 e. The number of benzene rings is 1. The molecule has 2 unspecified atom stereocenters. The maximum Gasteiger partial charge on any atom is 0.0792 e. The van der Waals surface area contributed by atoms with Gasteiger partial charge in [0.05, 0.1) is 5.37 Å². The average Bonchev–Trinajstić information content (AvgIpc) is 2.77. The second kappa shape index (κ2) is 5.11. The molecule has 1 aliphatic heterocycles. The molecule has 2 atom stereocenters. The third kappa shape index (κ3) is 2.53. The fourth-order valence-corrected chi connectivity index (χ4v) is 3.29. The number of thioether (sulfide) groups is 1. The van der Waals surface area contributed by atoms with Crippen LogP contribution in [0.3, 0.4) is 0 Å². The Morgan fingerprint density at radius 2 is 2.00 bits per heavy atom. The fraction of sp³-hybridized carbons (Fsp3) is 0.538. The molecule has 1 fully saturated rings. The van der Waals surface area contributed by atoms with Gasteiger partial charge in [0.2, 0.25) is 0 Å². The molecule has 88 valence electrons. The van der Waals surface area contributed by atoms with Crippen LogP contribution >= 0.6 is 11.8 Å². The van der Waals surface area contributed by atoms with Crippen molar-refractivity contribution in [2.75, 3.05) is 24.7 Å². The zero-order valence-electron chi connectivity index (χ0n) is 10.2. The van der Waals surface area contributed by atoms with E-state index < -0.39 is 0 Å². The third-order valence-corrected chi connectivity index (χ3v) is 4.39. The molecule has 2 rings (SSSR count). The molecule has 0 spiro atoms. The molecule has 1 aromatic rings. The van der Waals surface area contributed by atoms with E-state index in [0.717, 1.165) is 0 Å². The van der Waals surface area contributed by atoms with Crippen LogP contribution in [0.2, 0.25) is 0 Å². The first kappa shape index (κ1) is 11.8. The molecular formula is C13H20N2S. The van der Waals surface area contributed by atoms with Crippen molar-refractivity contribution in [2.24, 2.45) is 0 Å². The van der Waals surface area contributed by atoms with Crippen LogP contribution in [0.25, 0.3) is 0 Å². The van der Waals surface area contributed by atoms with Gasteiger partial charge >= 0.3 is 0 Å². The van der Waals surface area contributed by atoms with Crippen LogP contribution in [0.1, 0.15) is 24.3 Å². The van der Waals surface area contributed by atoms with Crippen LogP contribution in [0, 0.1) is 0 Å². The summed E-state index contributed by atoms with van der Waals surface area (Å²) >= 11 is 2.02. The Kier molecular flexibility index (Phi) is 3.77. The summed E-state index contributed by atoms with van der Waals surface area (Å²) < 4.78 is 0. The molecule has 0 saturated carbocycles. The molecule has 2 nitrogen and oxygen atoms in total. The van der Waals surface area contributed by atoms with E-state index >= 15 is 0 Å². The molecule has 0 bridgehead atoms. The minimum atomic E-state index is 0.487. The molecule has 1 aliphatic rings. The molecular weight excluding hydrogens is 216 g/mol. The summed E-state index contributed by atoms with van der Waals surface area (Å²) in [6, 6.07) is 9.53. The summed E-state index contributed by atoms with van der Waals surface area (Å²) in [7, 11) is 4.15. The van der Waals surface area contributed by atoms with Gasteiger partial charge in [-0.1, -0.05) is 19.1 Å². The summed E-state index contributed by atoms with van der Waals surface area (Å²) in [5.41, 5.74) is 2.66. The number of nitrogens with zero attached hydrogens (tertiary/aromatic N) is 1. The van der Waals surface area contributed by atoms with Gasteiger partial charge in [-0.2, -0.15) is 0 Å². The lowest BCUT2D eigenvalue weighted by atomic mass is 10.2. The van der Waals surface area contributed by atoms with Gasteiger partial charge in [0.25, 0.3) is 0 Å². The number of anilines is 1. The molecule has 1 heterocycles. The highest BCUT2D eigenvalue weighted by molar-refractivity contribution is 7.99. The standard InChI is InChI=1S/C13H20N2S/c1-4-11-9-16-13(14-11)10-5-7-12(8-6-10)15(2)3/h5-8,11,13-14H,4,9H2,1-3H3. The van der Waals surface area contributed by atoms with Gasteiger partial charge in [0, 0.05) is 31.6 Å². The van der Waals surface area contributed by atoms with Crippen molar-refractivity contribution in [3.8, 4) is 0 Å². The summed E-state index contributed by atoms with van der Waals surface area (Å²) in [5.74, 6) is 1.23. The first-order chi connectivity index (χ1) is 7.70. The summed E-state index contributed by atoms with van der Waals surface area (Å²) in [6.45, 7) is 2.25. The number of hydrogen-bond donors (Lipinski definition) is 1. The molecule has 0 amide bonds. The Morgan fingerprint density at radius 1 is 1.31 bits per heavy atom. The molecule has 0 aromatic heterocycles. The predicted octanol–water partition coefficient (Wildman–Crippen LogP) is 2.87. The first-order valence-corrected chi connectivity index (χ1v) is 6.90. The van der Waals surface area contributed by atoms with Crippen molar-refractivity contribution in [3.63, 3.8) is 0 Å². The number of nitrogens with one attached hydrogen (secondary N) is 1. The zero-order chi connectivity index (χ0) is 11.5. The molecule has 0 radical (unpaired) electrons. The van der Waals surface area contributed by atoms with Crippen molar-refractivity contribution >= 4 is 17.4 Å². The quantitative estimate of drug-likeness (QED) is 0.869. The highest BCUT2D eigenvalue weighted by atomic mass is 32.2. The van der Waals surface area contributed by atoms with Crippen LogP contribution < -0.4 is 10.2 Å². The van der Waals surface area contributed by atoms with Crippen molar-refractivity contribution in [1.29, 1.82) is 0 Å². The molecule has 16 heavy (non-hydrogen) atoms. The van der Waals surface area contributed by atoms with E-state index in [2.05, 4.69) is 55.5 Å². The summed E-state index contributed by atoms with van der Waals surface area (Å²) in [6.07, 6.45) is 1.22. The van der Waals surface area contributed by atoms with E-state index in [4.69, 9.17) is 0 Å². The van der Waals surface area contributed by atoms with Crippen LogP contribution in [0.15, 0.2) is 24.3 Å². The van der Waals surface area contributed by atoms with E-state index in [0.29, 0.717) is 11.4 Å². The highest BCUT2D eigenvalue weighted by Gasteiger charge is 2.23. The lowest BCUT2D eigenvalue weighted by molar-refractivity contribution is 0.561. The molecule has 1 saturated heterocycles. The molecule has 1 aromatic carbocycles. The second-order valence-electron chi connectivity index (χ2n) is 4.47. The highest BCUT2D eigenvalue weighted by Crippen LogP contribution is 2.34. The van der Waals surface area contributed by atoms with E-state index in [9.17, 15) is 0 Å². The normalized spacial score (nSPS) is 24.7. The maximum atomic E-state index is 3.65. The Bertz CT molecular complexity index is 334. The Labute approximate surface area is 102 Å². The summed E-state index contributed by atoms with van der Waals surface area (Å²) in [4.78, 5) is 2.13. The lowest BCUT2D eigenvalue weighted by Crippen LogP contribution is -2.24. The SMILES string of the molecule is CCC1CSC(c2ccc(N(C)C)cc2)N1. The Morgan fingerprint density at radius 3 is 2.50 bits per heavy atom. The largest absolute Gasteiger partial charge is 0.378 e. The number of rotatable bonds is 3. The van der Waals surface area contributed by atoms with Crippen molar-refractivity contribution in [1.82, 2.24) is 5.32 Å². The minimum absolute atomic E-state index is 0.487. The monoisotopic (exact) mass is 236 g/mol. The van der Waals surface area contributed by atoms with Gasteiger partial charge in [0.1, 0.15) is 0 Å². The Balaban J connectivity index is 2.05. The van der Waals surface area contributed by atoms with E-state index in [-0.39, 0.29) is 0 Å². The van der Waals surface area contributed by atoms with Gasteiger partial charge in [0.15, 0.2) is 0 Å². The topological polar surface area (TPSA) is 15.3 Å². The van der Waals surface area contributed by atoms with Gasteiger partial charge in [-0.25, -0.2) is 0 Å². The Hall–Kier alpha value is -0.670. The van der Waals surface area contributed by atoms with Gasteiger partial charge in [-0.3, -0.25) is 5.32 Å². The molecule has 1 N–H and O–H groups in total. The van der Waals surface area contributed by atoms with Crippen molar-refractivity contribution < 1.29 is 0 Å². The lowest BCUT2D eigenvalue weighted by Gasteiger charge is -2.15. The average molecular weight is 236 g/mol. The third-order valence-electron chi connectivity index (χ3n) is 3.06. The number of hydrogen-bond acceptors (Lipinski definition) is 3. The predicted molar refractivity (Wildman–Crippen MR) is 73.2 cm³/mol. The van der Waals surface area contributed by atoms with Crippen molar-refractivity contribution in [3.05, 3.63) is 29.8 Å². The fourth-order valence-electron chi connectivity index (χ4n) is 1.90. The van der Waals surface area contributed by atoms with E-state index in [1.54, 1.807) is 0 Å². The maximum absolute atomic E-state index is 3.65. The van der Waals surface area contributed by atoms with Crippen LogP contribution in [0.4, 0.5) is 5.69 Å². The van der Waals surface area contributed by atoms with E-state index in [1.165, 1.54) is 23.4 Å². The van der Waals surface area contributed by atoms with E-state index in [1.807, 2.05) is 11.8 Å². The van der Waals surface area contributed by atoms with Gasteiger partial charge in [-0.15, -0.1) is 11.8 Å². The van der Waals surface area contributed by atoms with Crippen molar-refractivity contribution in [2.45, 2.75) is 24.8 Å². The minimum Gasteiger partial charge on any atom is -0.378 e. The molecule has 3 heteroatoms.